The van der Waals surface area contributed by atoms with Crippen molar-refractivity contribution in [1.82, 2.24) is 4.57 Å². The van der Waals surface area contributed by atoms with Gasteiger partial charge in [-0.2, -0.15) is 39.5 Å². The van der Waals surface area contributed by atoms with Gasteiger partial charge in [-0.25, -0.2) is 9.13 Å². The van der Waals surface area contributed by atoms with Crippen LogP contribution in [0.25, 0.3) is 6.20 Å². The third-order valence-electron chi connectivity index (χ3n) is 2.82. The Hall–Kier alpha value is -1.68. The highest BCUT2D eigenvalue weighted by molar-refractivity contribution is 5.13. The van der Waals surface area contributed by atoms with Gasteiger partial charge in [0.05, 0.1) is 19.2 Å². The lowest BCUT2D eigenvalue weighted by molar-refractivity contribution is -0.699. The maximum atomic E-state index is 13.2. The third-order valence-corrected chi connectivity index (χ3v) is 2.82. The van der Waals surface area contributed by atoms with Gasteiger partial charge in [0, 0.05) is 0 Å². The van der Waals surface area contributed by atoms with E-state index in [1.807, 2.05) is 0 Å². The number of aromatic nitrogens is 2. The summed E-state index contributed by atoms with van der Waals surface area (Å²) in [5.41, 5.74) is 0. The zero-order valence-corrected chi connectivity index (χ0v) is 10.7. The van der Waals surface area contributed by atoms with Crippen LogP contribution in [-0.2, 0) is 6.54 Å². The SMILES string of the molecule is C=Cn1cc[n+](CCC(F)(F)C(F)(F)C(F)(F)C(F)(F)F)c1. The van der Waals surface area contributed by atoms with Crippen LogP contribution in [0.15, 0.2) is 25.3 Å². The van der Waals surface area contributed by atoms with Crippen molar-refractivity contribution < 1.29 is 44.1 Å². The standard InChI is InChI=1S/C11H10F9N2/c1-2-21-5-6-22(7-21)4-3-8(12,13)9(14,15)10(16,17)11(18,19)20/h2,5-7H,1,3-4H2/q+1. The fraction of sp³-hybridized carbons (Fsp3) is 0.545. The largest absolute Gasteiger partial charge is 0.460 e. The molecule has 1 aromatic rings. The molecule has 0 fully saturated rings. The Morgan fingerprint density at radius 3 is 1.91 bits per heavy atom. The highest BCUT2D eigenvalue weighted by Gasteiger charge is 2.81. The van der Waals surface area contributed by atoms with E-state index in [1.54, 1.807) is 0 Å². The molecule has 22 heavy (non-hydrogen) atoms. The monoisotopic (exact) mass is 341 g/mol. The number of halogens is 9. The van der Waals surface area contributed by atoms with Crippen molar-refractivity contribution in [2.24, 2.45) is 0 Å². The number of hydrogen-bond donors (Lipinski definition) is 0. The molecule has 0 amide bonds. The molecule has 0 aromatic carbocycles. The number of nitrogens with zero attached hydrogens (tertiary/aromatic N) is 2. The summed E-state index contributed by atoms with van der Waals surface area (Å²) in [7, 11) is 0. The zero-order valence-electron chi connectivity index (χ0n) is 10.7. The van der Waals surface area contributed by atoms with Crippen molar-refractivity contribution >= 4 is 6.20 Å². The highest BCUT2D eigenvalue weighted by atomic mass is 19.4. The quantitative estimate of drug-likeness (QED) is 0.551. The predicted molar refractivity (Wildman–Crippen MR) is 56.5 cm³/mol. The molecule has 0 saturated carbocycles. The molecule has 0 radical (unpaired) electrons. The van der Waals surface area contributed by atoms with Crippen LogP contribution in [0.4, 0.5) is 39.5 Å². The van der Waals surface area contributed by atoms with Crippen LogP contribution in [0.2, 0.25) is 0 Å². The first-order valence-corrected chi connectivity index (χ1v) is 5.65. The van der Waals surface area contributed by atoms with E-state index >= 15 is 0 Å². The smallest absolute Gasteiger partial charge is 0.236 e. The molecular formula is C11H10F9N2+. The number of alkyl halides is 9. The van der Waals surface area contributed by atoms with Gasteiger partial charge >= 0.3 is 23.9 Å². The first-order valence-electron chi connectivity index (χ1n) is 5.65. The van der Waals surface area contributed by atoms with Crippen molar-refractivity contribution in [3.63, 3.8) is 0 Å². The molecule has 1 heterocycles. The number of hydrogen-bond acceptors (Lipinski definition) is 0. The molecule has 0 aliphatic heterocycles. The van der Waals surface area contributed by atoms with Gasteiger partial charge in [-0.05, 0) is 0 Å². The topological polar surface area (TPSA) is 8.81 Å². The number of imidazole rings is 1. The summed E-state index contributed by atoms with van der Waals surface area (Å²) < 4.78 is 115. The van der Waals surface area contributed by atoms with Gasteiger partial charge in [-0.3, -0.25) is 0 Å². The first kappa shape index (κ1) is 18.4. The predicted octanol–water partition coefficient (Wildman–Crippen LogP) is 3.73. The van der Waals surface area contributed by atoms with E-state index in [9.17, 15) is 39.5 Å². The fourth-order valence-corrected chi connectivity index (χ4v) is 1.49. The lowest BCUT2D eigenvalue weighted by Gasteiger charge is -2.33. The summed E-state index contributed by atoms with van der Waals surface area (Å²) in [6, 6.07) is 0. The van der Waals surface area contributed by atoms with Crippen LogP contribution in [0.3, 0.4) is 0 Å². The van der Waals surface area contributed by atoms with Crippen molar-refractivity contribution in [1.29, 1.82) is 0 Å². The Balaban J connectivity index is 2.94. The summed E-state index contributed by atoms with van der Waals surface area (Å²) >= 11 is 0. The normalized spacial score (nSPS) is 14.2. The molecule has 126 valence electrons. The molecule has 1 rings (SSSR count). The molecule has 11 heteroatoms. The molecule has 1 aromatic heterocycles. The fourth-order valence-electron chi connectivity index (χ4n) is 1.49. The molecule has 0 spiro atoms. The van der Waals surface area contributed by atoms with Gasteiger partial charge in [-0.1, -0.05) is 6.58 Å². The van der Waals surface area contributed by atoms with Crippen LogP contribution in [0.1, 0.15) is 6.42 Å². The lowest BCUT2D eigenvalue weighted by Crippen LogP contribution is -2.61. The molecule has 0 atom stereocenters. The van der Waals surface area contributed by atoms with Gasteiger partial charge < -0.3 is 0 Å². The average Bonchev–Trinajstić information content (AvgIpc) is 2.82. The minimum atomic E-state index is -6.85. The van der Waals surface area contributed by atoms with Gasteiger partial charge in [0.1, 0.15) is 12.4 Å². The maximum absolute atomic E-state index is 13.2. The van der Waals surface area contributed by atoms with Crippen LogP contribution < -0.4 is 4.57 Å². The second-order valence-electron chi connectivity index (χ2n) is 4.38. The van der Waals surface area contributed by atoms with Crippen molar-refractivity contribution in [2.45, 2.75) is 36.9 Å². The van der Waals surface area contributed by atoms with Crippen LogP contribution in [-0.4, -0.2) is 28.5 Å². The van der Waals surface area contributed by atoms with E-state index in [0.717, 1.165) is 17.1 Å². The van der Waals surface area contributed by atoms with Gasteiger partial charge in [0.15, 0.2) is 0 Å². The number of aryl methyl sites for hydroxylation is 1. The van der Waals surface area contributed by atoms with E-state index in [-0.39, 0.29) is 0 Å². The second kappa shape index (κ2) is 5.51. The van der Waals surface area contributed by atoms with Crippen molar-refractivity contribution in [2.75, 3.05) is 0 Å². The van der Waals surface area contributed by atoms with Gasteiger partial charge in [0.25, 0.3) is 0 Å². The Kier molecular flexibility index (Phi) is 4.60. The van der Waals surface area contributed by atoms with E-state index in [4.69, 9.17) is 0 Å². The van der Waals surface area contributed by atoms with Crippen LogP contribution in [0, 0.1) is 0 Å². The summed E-state index contributed by atoms with van der Waals surface area (Å²) in [4.78, 5) is 0. The number of rotatable bonds is 6. The van der Waals surface area contributed by atoms with Crippen LogP contribution >= 0.6 is 0 Å². The van der Waals surface area contributed by atoms with E-state index in [0.29, 0.717) is 0 Å². The van der Waals surface area contributed by atoms with Gasteiger partial charge in [-0.15, -0.1) is 0 Å². The molecule has 0 aliphatic carbocycles. The van der Waals surface area contributed by atoms with Crippen molar-refractivity contribution in [3.8, 4) is 0 Å². The molecular weight excluding hydrogens is 331 g/mol. The Morgan fingerprint density at radius 1 is 0.955 bits per heavy atom. The van der Waals surface area contributed by atoms with E-state index < -0.39 is 36.9 Å². The van der Waals surface area contributed by atoms with Crippen molar-refractivity contribution in [3.05, 3.63) is 25.3 Å². The molecule has 0 N–H and O–H groups in total. The van der Waals surface area contributed by atoms with Crippen LogP contribution in [0.5, 0.6) is 0 Å². The molecule has 2 nitrogen and oxygen atoms in total. The van der Waals surface area contributed by atoms with Gasteiger partial charge in [0.2, 0.25) is 6.33 Å². The van der Waals surface area contributed by atoms with E-state index in [2.05, 4.69) is 6.58 Å². The minimum Gasteiger partial charge on any atom is -0.236 e. The Bertz CT molecular complexity index is 530. The molecule has 0 unspecified atom stereocenters. The highest BCUT2D eigenvalue weighted by Crippen LogP contribution is 2.53. The molecule has 0 saturated heterocycles. The summed E-state index contributed by atoms with van der Waals surface area (Å²) in [5, 5.41) is 0. The average molecular weight is 341 g/mol. The maximum Gasteiger partial charge on any atom is 0.460 e. The van der Waals surface area contributed by atoms with E-state index in [1.165, 1.54) is 17.0 Å². The lowest BCUT2D eigenvalue weighted by atomic mass is 10.0. The Morgan fingerprint density at radius 2 is 1.50 bits per heavy atom. The minimum absolute atomic E-state index is 0.892. The summed E-state index contributed by atoms with van der Waals surface area (Å²) in [5.74, 6) is -19.0. The molecule has 0 aliphatic rings. The molecule has 0 bridgehead atoms. The Labute approximate surface area is 118 Å². The first-order chi connectivity index (χ1) is 9.76. The zero-order chi connectivity index (χ0) is 17.4. The second-order valence-corrected chi connectivity index (χ2v) is 4.38. The summed E-state index contributed by atoms with van der Waals surface area (Å²) in [6.45, 7) is 2.42. The third kappa shape index (κ3) is 3.07. The summed E-state index contributed by atoms with van der Waals surface area (Å²) in [6.07, 6.45) is -3.94.